The molecule has 0 saturated heterocycles. The molecule has 5 heteroatoms. The van der Waals surface area contributed by atoms with E-state index in [9.17, 15) is 5.21 Å². The molecule has 2 aromatic heterocycles. The summed E-state index contributed by atoms with van der Waals surface area (Å²) < 4.78 is 12.4. The van der Waals surface area contributed by atoms with Crippen LogP contribution < -0.4 is 9.47 Å². The summed E-state index contributed by atoms with van der Waals surface area (Å²) in [7, 11) is 0. The van der Waals surface area contributed by atoms with E-state index in [0.717, 1.165) is 27.4 Å². The molecule has 0 unspecified atom stereocenters. The third-order valence-corrected chi connectivity index (χ3v) is 3.62. The zero-order valence-corrected chi connectivity index (χ0v) is 13.2. The maximum absolute atomic E-state index is 9.60. The number of hydrogen-bond donors (Lipinski definition) is 1. The van der Waals surface area contributed by atoms with Crippen LogP contribution in [0.5, 0.6) is 5.75 Å². The normalized spacial score (nSPS) is 10.7. The third kappa shape index (κ3) is 3.51. The fraction of sp³-hybridized carbons (Fsp3) is 0.222. The van der Waals surface area contributed by atoms with Crippen LogP contribution >= 0.6 is 0 Å². The van der Waals surface area contributed by atoms with Crippen molar-refractivity contribution >= 4 is 0 Å². The first-order chi connectivity index (χ1) is 11.1. The third-order valence-electron chi connectivity index (χ3n) is 3.62. The van der Waals surface area contributed by atoms with Crippen molar-refractivity contribution in [1.29, 1.82) is 0 Å². The molecule has 0 aliphatic carbocycles. The van der Waals surface area contributed by atoms with E-state index in [0.29, 0.717) is 24.7 Å². The Hall–Kier alpha value is -2.82. The zero-order valence-electron chi connectivity index (χ0n) is 13.2. The molecular weight excluding hydrogens is 292 g/mol. The average Bonchev–Trinajstić information content (AvgIpc) is 2.93. The van der Waals surface area contributed by atoms with E-state index in [4.69, 9.17) is 9.15 Å². The predicted molar refractivity (Wildman–Crippen MR) is 84.4 cm³/mol. The average molecular weight is 311 g/mol. The van der Waals surface area contributed by atoms with Gasteiger partial charge in [0, 0.05) is 29.7 Å². The van der Waals surface area contributed by atoms with Gasteiger partial charge in [0.05, 0.1) is 12.3 Å². The lowest BCUT2D eigenvalue weighted by Gasteiger charge is -2.03. The molecule has 2 heterocycles. The van der Waals surface area contributed by atoms with Gasteiger partial charge >= 0.3 is 0 Å². The number of hydrogen-bond acceptors (Lipinski definition) is 4. The topological polar surface area (TPSA) is 59.4 Å². The number of ether oxygens (including phenoxy) is 1. The van der Waals surface area contributed by atoms with E-state index in [2.05, 4.69) is 4.98 Å². The minimum Gasteiger partial charge on any atom is -0.487 e. The van der Waals surface area contributed by atoms with Crippen LogP contribution in [-0.4, -0.2) is 16.8 Å². The van der Waals surface area contributed by atoms with Crippen LogP contribution in [0.2, 0.25) is 0 Å². The summed E-state index contributed by atoms with van der Waals surface area (Å²) >= 11 is 0. The molecule has 5 nitrogen and oxygen atoms in total. The lowest BCUT2D eigenvalue weighted by Crippen LogP contribution is -2.33. The van der Waals surface area contributed by atoms with Crippen LogP contribution in [0.15, 0.2) is 53.1 Å². The van der Waals surface area contributed by atoms with Crippen LogP contribution in [0, 0.1) is 13.8 Å². The van der Waals surface area contributed by atoms with E-state index in [-0.39, 0.29) is 0 Å². The highest BCUT2D eigenvalue weighted by atomic mass is 16.5. The van der Waals surface area contributed by atoms with Gasteiger partial charge in [-0.15, -0.1) is 0 Å². The first-order valence-electron chi connectivity index (χ1n) is 7.49. The Labute approximate surface area is 134 Å². The Bertz CT molecular complexity index is 797. The first-order valence-corrected chi connectivity index (χ1v) is 7.49. The molecule has 1 aromatic carbocycles. The molecule has 1 N–H and O–H groups in total. The van der Waals surface area contributed by atoms with Crippen molar-refractivity contribution in [3.63, 3.8) is 0 Å². The van der Waals surface area contributed by atoms with Crippen molar-refractivity contribution in [1.82, 2.24) is 4.98 Å². The lowest BCUT2D eigenvalue weighted by atomic mass is 10.2. The Morgan fingerprint density at radius 3 is 2.65 bits per heavy atom. The second-order valence-corrected chi connectivity index (χ2v) is 5.34. The molecular formula is C18H19N2O3+. The van der Waals surface area contributed by atoms with Crippen LogP contribution in [0.3, 0.4) is 0 Å². The highest BCUT2D eigenvalue weighted by Gasteiger charge is 2.12. The summed E-state index contributed by atoms with van der Waals surface area (Å²) in [6.07, 6.45) is 2.18. The van der Waals surface area contributed by atoms with Gasteiger partial charge in [-0.25, -0.2) is 4.98 Å². The molecule has 0 aliphatic rings. The summed E-state index contributed by atoms with van der Waals surface area (Å²) in [5.41, 5.74) is 2.59. The van der Waals surface area contributed by atoms with Gasteiger partial charge in [0.25, 0.3) is 6.20 Å². The molecule has 0 amide bonds. The quantitative estimate of drug-likeness (QED) is 0.581. The fourth-order valence-corrected chi connectivity index (χ4v) is 2.26. The molecule has 0 bridgehead atoms. The van der Waals surface area contributed by atoms with E-state index in [1.54, 1.807) is 12.3 Å². The van der Waals surface area contributed by atoms with Gasteiger partial charge in [0.2, 0.25) is 11.6 Å². The minimum atomic E-state index is 0.463. The molecule has 0 spiro atoms. The van der Waals surface area contributed by atoms with E-state index < -0.39 is 0 Å². The Morgan fingerprint density at radius 1 is 1.13 bits per heavy atom. The summed E-state index contributed by atoms with van der Waals surface area (Å²) in [5, 5.41) is 9.60. The van der Waals surface area contributed by atoms with Crippen molar-refractivity contribution in [3.8, 4) is 17.2 Å². The van der Waals surface area contributed by atoms with E-state index >= 15 is 0 Å². The number of benzene rings is 1. The van der Waals surface area contributed by atoms with Crippen molar-refractivity contribution in [2.75, 3.05) is 6.61 Å². The largest absolute Gasteiger partial charge is 0.487 e. The van der Waals surface area contributed by atoms with Crippen molar-refractivity contribution in [2.24, 2.45) is 0 Å². The number of pyridine rings is 1. The SMILES string of the molecule is Cc1oc(-c2ccccc2)nc1CCOc1ccc(C)[n+](O)c1. The first kappa shape index (κ1) is 15.1. The van der Waals surface area contributed by atoms with Gasteiger partial charge < -0.3 is 9.15 Å². The number of nitrogens with zero attached hydrogens (tertiary/aromatic N) is 2. The van der Waals surface area contributed by atoms with Crippen LogP contribution in [0.1, 0.15) is 17.1 Å². The summed E-state index contributed by atoms with van der Waals surface area (Å²) in [6.45, 7) is 4.18. The fourth-order valence-electron chi connectivity index (χ4n) is 2.26. The smallest absolute Gasteiger partial charge is 0.264 e. The van der Waals surface area contributed by atoms with Gasteiger partial charge in [-0.2, -0.15) is 0 Å². The van der Waals surface area contributed by atoms with Gasteiger partial charge in [-0.1, -0.05) is 18.2 Å². The number of rotatable bonds is 5. The summed E-state index contributed by atoms with van der Waals surface area (Å²) in [5.74, 6) is 2.04. The number of aromatic nitrogens is 2. The maximum atomic E-state index is 9.60. The monoisotopic (exact) mass is 311 g/mol. The second-order valence-electron chi connectivity index (χ2n) is 5.34. The minimum absolute atomic E-state index is 0.463. The molecule has 3 aromatic rings. The van der Waals surface area contributed by atoms with Crippen LogP contribution in [0.25, 0.3) is 11.5 Å². The standard InChI is InChI=1S/C18H19N2O3/c1-13-8-9-16(12-20(13)21)22-11-10-17-14(2)23-18(19-17)15-6-4-3-5-7-15/h3-9,12,21H,10-11H2,1-2H3/q+1. The van der Waals surface area contributed by atoms with Crippen molar-refractivity contribution in [3.05, 3.63) is 65.8 Å². The molecule has 23 heavy (non-hydrogen) atoms. The Morgan fingerprint density at radius 2 is 1.91 bits per heavy atom. The second kappa shape index (κ2) is 6.52. The molecule has 0 fully saturated rings. The molecule has 118 valence electrons. The van der Waals surface area contributed by atoms with Gasteiger partial charge in [0.1, 0.15) is 5.76 Å². The van der Waals surface area contributed by atoms with Crippen LogP contribution in [-0.2, 0) is 6.42 Å². The molecule has 0 radical (unpaired) electrons. The number of oxazole rings is 1. The lowest BCUT2D eigenvalue weighted by molar-refractivity contribution is -0.908. The van der Waals surface area contributed by atoms with E-state index in [1.807, 2.05) is 50.2 Å². The van der Waals surface area contributed by atoms with Gasteiger partial charge in [0.15, 0.2) is 5.75 Å². The Kier molecular flexibility index (Phi) is 4.28. The summed E-state index contributed by atoms with van der Waals surface area (Å²) in [4.78, 5) is 4.54. The van der Waals surface area contributed by atoms with Gasteiger partial charge in [-0.05, 0) is 25.1 Å². The van der Waals surface area contributed by atoms with E-state index in [1.165, 1.54) is 0 Å². The Balaban J connectivity index is 1.64. The number of aryl methyl sites for hydroxylation is 2. The molecule has 0 aliphatic heterocycles. The highest BCUT2D eigenvalue weighted by molar-refractivity contribution is 5.53. The van der Waals surface area contributed by atoms with Crippen LogP contribution in [0.4, 0.5) is 0 Å². The molecule has 0 saturated carbocycles. The van der Waals surface area contributed by atoms with Gasteiger partial charge in [-0.3, -0.25) is 5.21 Å². The highest BCUT2D eigenvalue weighted by Crippen LogP contribution is 2.21. The molecule has 0 atom stereocenters. The van der Waals surface area contributed by atoms with Crippen molar-refractivity contribution < 1.29 is 19.1 Å². The molecule has 3 rings (SSSR count). The maximum Gasteiger partial charge on any atom is 0.264 e. The summed E-state index contributed by atoms with van der Waals surface area (Å²) in [6, 6.07) is 13.4. The predicted octanol–water partition coefficient (Wildman–Crippen LogP) is 3.10. The van der Waals surface area contributed by atoms with Crippen molar-refractivity contribution in [2.45, 2.75) is 20.3 Å². The zero-order chi connectivity index (χ0) is 16.2.